The quantitative estimate of drug-likeness (QED) is 0.516. The molecule has 8 heteroatoms. The second-order valence-electron chi connectivity index (χ2n) is 5.08. The average molecular weight is 413 g/mol. The predicted octanol–water partition coefficient (Wildman–Crippen LogP) is 4.54. The van der Waals surface area contributed by atoms with Crippen LogP contribution in [0.25, 0.3) is 0 Å². The van der Waals surface area contributed by atoms with Crippen LogP contribution < -0.4 is 15.4 Å². The summed E-state index contributed by atoms with van der Waals surface area (Å²) in [5.41, 5.74) is 0.994. The Kier molecular flexibility index (Phi) is 8.12. The van der Waals surface area contributed by atoms with Gasteiger partial charge >= 0.3 is 0 Å². The van der Waals surface area contributed by atoms with Crippen LogP contribution in [0.5, 0.6) is 5.75 Å². The molecule has 0 atom stereocenters. The van der Waals surface area contributed by atoms with Crippen LogP contribution >= 0.6 is 35.4 Å². The van der Waals surface area contributed by atoms with Crippen molar-refractivity contribution in [3.8, 4) is 5.75 Å². The predicted molar refractivity (Wildman–Crippen MR) is 109 cm³/mol. The van der Waals surface area contributed by atoms with Crippen molar-refractivity contribution >= 4 is 52.1 Å². The number of nitrogens with one attached hydrogen (secondary N) is 2. The molecule has 138 valence electrons. The van der Waals surface area contributed by atoms with E-state index in [4.69, 9.17) is 44.9 Å². The first-order valence-electron chi connectivity index (χ1n) is 7.88. The molecular formula is C18H18Cl2N2O3S. The Morgan fingerprint density at radius 3 is 2.62 bits per heavy atom. The second-order valence-corrected chi connectivity index (χ2v) is 6.30. The summed E-state index contributed by atoms with van der Waals surface area (Å²) in [5.74, 6) is 0.0802. The molecule has 0 aliphatic rings. The lowest BCUT2D eigenvalue weighted by Gasteiger charge is -2.13. The zero-order valence-corrected chi connectivity index (χ0v) is 16.4. The van der Waals surface area contributed by atoms with Gasteiger partial charge in [-0.2, -0.15) is 0 Å². The van der Waals surface area contributed by atoms with Gasteiger partial charge in [0.2, 0.25) is 0 Å². The molecule has 1 amide bonds. The van der Waals surface area contributed by atoms with Gasteiger partial charge in [0.1, 0.15) is 12.4 Å². The minimum Gasteiger partial charge on any atom is -0.490 e. The molecule has 0 bridgehead atoms. The molecular weight excluding hydrogens is 395 g/mol. The van der Waals surface area contributed by atoms with E-state index >= 15 is 0 Å². The SMILES string of the molecule is CCOCCOc1ccccc1C(=O)NC(=S)Nc1ccc(Cl)c(Cl)c1. The number of hydrogen-bond acceptors (Lipinski definition) is 4. The third-order valence-electron chi connectivity index (χ3n) is 3.23. The summed E-state index contributed by atoms with van der Waals surface area (Å²) in [6.07, 6.45) is 0. The highest BCUT2D eigenvalue weighted by molar-refractivity contribution is 7.80. The van der Waals surface area contributed by atoms with Gasteiger partial charge in [-0.05, 0) is 49.5 Å². The van der Waals surface area contributed by atoms with Crippen LogP contribution in [-0.4, -0.2) is 30.8 Å². The number of carbonyl (C=O) groups excluding carboxylic acids is 1. The van der Waals surface area contributed by atoms with Crippen molar-refractivity contribution in [3.63, 3.8) is 0 Å². The first-order chi connectivity index (χ1) is 12.5. The van der Waals surface area contributed by atoms with Gasteiger partial charge in [-0.25, -0.2) is 0 Å². The molecule has 2 rings (SSSR count). The van der Waals surface area contributed by atoms with Gasteiger partial charge in [-0.3, -0.25) is 10.1 Å². The number of carbonyl (C=O) groups is 1. The molecule has 5 nitrogen and oxygen atoms in total. The lowest BCUT2D eigenvalue weighted by molar-refractivity contribution is 0.0958. The van der Waals surface area contributed by atoms with Crippen molar-refractivity contribution in [2.24, 2.45) is 0 Å². The first-order valence-corrected chi connectivity index (χ1v) is 9.04. The standard InChI is InChI=1S/C18H18Cl2N2O3S/c1-2-24-9-10-25-16-6-4-3-5-13(16)17(23)22-18(26)21-12-7-8-14(19)15(20)11-12/h3-8,11H,2,9-10H2,1H3,(H2,21,22,23,26). The summed E-state index contributed by atoms with van der Waals surface area (Å²) < 4.78 is 10.8. The number of halogens is 2. The number of para-hydroxylation sites is 1. The summed E-state index contributed by atoms with van der Waals surface area (Å²) in [4.78, 5) is 12.5. The Balaban J connectivity index is 1.98. The van der Waals surface area contributed by atoms with Gasteiger partial charge in [0.05, 0.1) is 22.2 Å². The molecule has 0 aromatic heterocycles. The van der Waals surface area contributed by atoms with Gasteiger partial charge in [0.25, 0.3) is 5.91 Å². The summed E-state index contributed by atoms with van der Waals surface area (Å²) in [5, 5.41) is 6.46. The van der Waals surface area contributed by atoms with Crippen molar-refractivity contribution in [2.45, 2.75) is 6.92 Å². The highest BCUT2D eigenvalue weighted by Crippen LogP contribution is 2.25. The third-order valence-corrected chi connectivity index (χ3v) is 4.17. The molecule has 0 unspecified atom stereocenters. The highest BCUT2D eigenvalue weighted by Gasteiger charge is 2.14. The molecule has 0 aliphatic carbocycles. The van der Waals surface area contributed by atoms with Crippen molar-refractivity contribution in [1.29, 1.82) is 0 Å². The van der Waals surface area contributed by atoms with E-state index in [-0.39, 0.29) is 11.0 Å². The number of anilines is 1. The van der Waals surface area contributed by atoms with E-state index in [0.717, 1.165) is 0 Å². The molecule has 0 radical (unpaired) electrons. The van der Waals surface area contributed by atoms with Crippen LogP contribution in [-0.2, 0) is 4.74 Å². The summed E-state index contributed by atoms with van der Waals surface area (Å²) in [7, 11) is 0. The van der Waals surface area contributed by atoms with Gasteiger partial charge < -0.3 is 14.8 Å². The number of hydrogen-bond donors (Lipinski definition) is 2. The van der Waals surface area contributed by atoms with Crippen molar-refractivity contribution in [2.75, 3.05) is 25.1 Å². The molecule has 0 fully saturated rings. The van der Waals surface area contributed by atoms with E-state index in [9.17, 15) is 4.79 Å². The maximum atomic E-state index is 12.5. The van der Waals surface area contributed by atoms with Crippen LogP contribution in [0, 0.1) is 0 Å². The number of thiocarbonyl (C=S) groups is 1. The van der Waals surface area contributed by atoms with Crippen LogP contribution in [0.2, 0.25) is 10.0 Å². The van der Waals surface area contributed by atoms with Gasteiger partial charge in [0, 0.05) is 12.3 Å². The maximum Gasteiger partial charge on any atom is 0.261 e. The van der Waals surface area contributed by atoms with Crippen LogP contribution in [0.15, 0.2) is 42.5 Å². The monoisotopic (exact) mass is 412 g/mol. The van der Waals surface area contributed by atoms with Crippen molar-refractivity contribution in [1.82, 2.24) is 5.32 Å². The average Bonchev–Trinajstić information content (AvgIpc) is 2.62. The van der Waals surface area contributed by atoms with E-state index < -0.39 is 0 Å². The Morgan fingerprint density at radius 1 is 1.12 bits per heavy atom. The van der Waals surface area contributed by atoms with Gasteiger partial charge in [0.15, 0.2) is 5.11 Å². The Morgan fingerprint density at radius 2 is 1.88 bits per heavy atom. The molecule has 0 aliphatic heterocycles. The lowest BCUT2D eigenvalue weighted by Crippen LogP contribution is -2.34. The van der Waals surface area contributed by atoms with Gasteiger partial charge in [-0.15, -0.1) is 0 Å². The molecule has 0 saturated carbocycles. The molecule has 0 saturated heterocycles. The number of rotatable bonds is 7. The van der Waals surface area contributed by atoms with Gasteiger partial charge in [-0.1, -0.05) is 35.3 Å². The van der Waals surface area contributed by atoms with Crippen molar-refractivity contribution in [3.05, 3.63) is 58.1 Å². The fourth-order valence-electron chi connectivity index (χ4n) is 2.04. The zero-order chi connectivity index (χ0) is 18.9. The third kappa shape index (κ3) is 6.14. The van der Waals surface area contributed by atoms with Crippen LogP contribution in [0.4, 0.5) is 5.69 Å². The second kappa shape index (κ2) is 10.3. The number of amides is 1. The van der Waals surface area contributed by atoms with E-state index in [2.05, 4.69) is 10.6 Å². The molecule has 0 heterocycles. The Hall–Kier alpha value is -1.86. The fraction of sp³-hybridized carbons (Fsp3) is 0.222. The topological polar surface area (TPSA) is 59.6 Å². The summed E-state index contributed by atoms with van der Waals surface area (Å²) in [6.45, 7) is 3.32. The Labute approximate surface area is 167 Å². The molecule has 2 aromatic rings. The number of benzene rings is 2. The first kappa shape index (κ1) is 20.5. The largest absolute Gasteiger partial charge is 0.490 e. The van der Waals surface area contributed by atoms with Crippen LogP contribution in [0.3, 0.4) is 0 Å². The van der Waals surface area contributed by atoms with E-state index in [1.165, 1.54) is 0 Å². The minimum absolute atomic E-state index is 0.137. The fourth-order valence-corrected chi connectivity index (χ4v) is 2.55. The normalized spacial score (nSPS) is 10.3. The van der Waals surface area contributed by atoms with E-state index in [1.54, 1.807) is 42.5 Å². The maximum absolute atomic E-state index is 12.5. The van der Waals surface area contributed by atoms with Crippen molar-refractivity contribution < 1.29 is 14.3 Å². The summed E-state index contributed by atoms with van der Waals surface area (Å²) >= 11 is 17.0. The van der Waals surface area contributed by atoms with E-state index in [0.29, 0.717) is 46.9 Å². The highest BCUT2D eigenvalue weighted by atomic mass is 35.5. The number of ether oxygens (including phenoxy) is 2. The molecule has 26 heavy (non-hydrogen) atoms. The zero-order valence-electron chi connectivity index (χ0n) is 14.1. The molecule has 2 N–H and O–H groups in total. The molecule has 2 aromatic carbocycles. The van der Waals surface area contributed by atoms with E-state index in [1.807, 2.05) is 6.92 Å². The lowest BCUT2D eigenvalue weighted by atomic mass is 10.2. The van der Waals surface area contributed by atoms with Crippen LogP contribution in [0.1, 0.15) is 17.3 Å². The summed E-state index contributed by atoms with van der Waals surface area (Å²) in [6, 6.07) is 11.9. The smallest absolute Gasteiger partial charge is 0.261 e. The molecule has 0 spiro atoms. The Bertz CT molecular complexity index is 787. The minimum atomic E-state index is -0.380.